The minimum absolute atomic E-state index is 0.150. The number of hydrogen-bond donors (Lipinski definition) is 2. The van der Waals surface area contributed by atoms with Gasteiger partial charge in [0, 0.05) is 11.1 Å². The Bertz CT molecular complexity index is 436. The third kappa shape index (κ3) is 3.71. The summed E-state index contributed by atoms with van der Waals surface area (Å²) in [5.41, 5.74) is 0. The van der Waals surface area contributed by atoms with Crippen LogP contribution in [0.15, 0.2) is 6.20 Å². The molecule has 0 saturated carbocycles. The number of hydrogen-bond acceptors (Lipinski definition) is 5. The van der Waals surface area contributed by atoms with Crippen molar-refractivity contribution < 1.29 is 18.3 Å². The Hall–Kier alpha value is -1.15. The number of nitrogens with zero attached hydrogens (tertiary/aromatic N) is 1. The van der Waals surface area contributed by atoms with Crippen LogP contribution < -0.4 is 4.72 Å². The highest BCUT2D eigenvalue weighted by Crippen LogP contribution is 2.19. The number of anilines is 1. The summed E-state index contributed by atoms with van der Waals surface area (Å²) in [5.74, 6) is -0.973. The zero-order valence-electron chi connectivity index (χ0n) is 7.22. The van der Waals surface area contributed by atoms with Crippen molar-refractivity contribution >= 4 is 32.5 Å². The summed E-state index contributed by atoms with van der Waals surface area (Å²) in [6, 6.07) is 0. The van der Waals surface area contributed by atoms with E-state index in [9.17, 15) is 13.2 Å². The summed E-state index contributed by atoms with van der Waals surface area (Å²) >= 11 is 1.01. The Kier molecular flexibility index (Phi) is 3.06. The molecule has 1 rings (SSSR count). The standard InChI is InChI=1S/C6H8N2O4S2/c1-14(11,12)8-6-7-3-4(13-6)2-5(9)10/h3H,2H2,1H3,(H,7,8)(H,9,10). The van der Waals surface area contributed by atoms with Crippen LogP contribution in [0.1, 0.15) is 4.88 Å². The van der Waals surface area contributed by atoms with Crippen LogP contribution in [0.3, 0.4) is 0 Å². The molecule has 14 heavy (non-hydrogen) atoms. The molecule has 1 aromatic rings. The quantitative estimate of drug-likeness (QED) is 0.775. The molecule has 0 spiro atoms. The molecular weight excluding hydrogens is 228 g/mol. The van der Waals surface area contributed by atoms with Gasteiger partial charge in [-0.2, -0.15) is 0 Å². The maximum Gasteiger partial charge on any atom is 0.308 e. The molecule has 1 heterocycles. The van der Waals surface area contributed by atoms with Crippen molar-refractivity contribution in [3.8, 4) is 0 Å². The van der Waals surface area contributed by atoms with Crippen molar-refractivity contribution in [2.24, 2.45) is 0 Å². The number of carboxylic acid groups (broad SMARTS) is 1. The summed E-state index contributed by atoms with van der Waals surface area (Å²) in [6.07, 6.45) is 2.20. The molecule has 0 unspecified atom stereocenters. The van der Waals surface area contributed by atoms with Gasteiger partial charge in [0.1, 0.15) is 0 Å². The minimum Gasteiger partial charge on any atom is -0.481 e. The Balaban J connectivity index is 2.74. The lowest BCUT2D eigenvalue weighted by Crippen LogP contribution is -2.08. The van der Waals surface area contributed by atoms with E-state index >= 15 is 0 Å². The Morgan fingerprint density at radius 1 is 1.71 bits per heavy atom. The van der Waals surface area contributed by atoms with Crippen LogP contribution >= 0.6 is 11.3 Å². The molecule has 0 radical (unpaired) electrons. The molecule has 0 atom stereocenters. The lowest BCUT2D eigenvalue weighted by atomic mass is 10.4. The zero-order valence-corrected chi connectivity index (χ0v) is 8.85. The molecule has 78 valence electrons. The number of aromatic nitrogens is 1. The van der Waals surface area contributed by atoms with E-state index < -0.39 is 16.0 Å². The highest BCUT2D eigenvalue weighted by molar-refractivity contribution is 7.92. The first kappa shape index (κ1) is 10.9. The maximum absolute atomic E-state index is 10.8. The fourth-order valence-electron chi connectivity index (χ4n) is 0.744. The highest BCUT2D eigenvalue weighted by atomic mass is 32.2. The summed E-state index contributed by atoms with van der Waals surface area (Å²) in [4.78, 5) is 14.5. The van der Waals surface area contributed by atoms with Gasteiger partial charge >= 0.3 is 5.97 Å². The molecule has 0 bridgehead atoms. The maximum atomic E-state index is 10.8. The molecule has 1 aromatic heterocycles. The van der Waals surface area contributed by atoms with E-state index in [0.717, 1.165) is 17.6 Å². The first-order chi connectivity index (χ1) is 6.37. The van der Waals surface area contributed by atoms with Gasteiger partial charge in [0.15, 0.2) is 5.13 Å². The van der Waals surface area contributed by atoms with Gasteiger partial charge in [0.2, 0.25) is 10.0 Å². The molecule has 8 heteroatoms. The first-order valence-corrected chi connectivity index (χ1v) is 6.22. The summed E-state index contributed by atoms with van der Waals surface area (Å²) in [5, 5.41) is 8.63. The molecule has 0 aromatic carbocycles. The van der Waals surface area contributed by atoms with Crippen LogP contribution in [0.4, 0.5) is 5.13 Å². The average Bonchev–Trinajstić information content (AvgIpc) is 2.30. The number of aliphatic carboxylic acids is 1. The lowest BCUT2D eigenvalue weighted by Gasteiger charge is -1.95. The van der Waals surface area contributed by atoms with E-state index in [1.807, 2.05) is 0 Å². The second kappa shape index (κ2) is 3.93. The van der Waals surface area contributed by atoms with Crippen LogP contribution in [0.25, 0.3) is 0 Å². The van der Waals surface area contributed by atoms with E-state index in [-0.39, 0.29) is 11.6 Å². The first-order valence-electron chi connectivity index (χ1n) is 3.51. The minimum atomic E-state index is -3.34. The second-order valence-corrected chi connectivity index (χ2v) is 5.44. The van der Waals surface area contributed by atoms with Crippen LogP contribution in [-0.4, -0.2) is 30.7 Å². The molecule has 0 aliphatic rings. The fourth-order valence-corrected chi connectivity index (χ4v) is 2.39. The molecule has 0 aliphatic carbocycles. The van der Waals surface area contributed by atoms with Crippen LogP contribution in [-0.2, 0) is 21.2 Å². The van der Waals surface area contributed by atoms with Gasteiger partial charge in [0.05, 0.1) is 12.7 Å². The predicted molar refractivity (Wildman–Crippen MR) is 51.9 cm³/mol. The van der Waals surface area contributed by atoms with Gasteiger partial charge in [-0.05, 0) is 0 Å². The lowest BCUT2D eigenvalue weighted by molar-refractivity contribution is -0.136. The largest absolute Gasteiger partial charge is 0.481 e. The third-order valence-corrected chi connectivity index (χ3v) is 2.76. The highest BCUT2D eigenvalue weighted by Gasteiger charge is 2.08. The Morgan fingerprint density at radius 2 is 2.36 bits per heavy atom. The van der Waals surface area contributed by atoms with Crippen molar-refractivity contribution in [2.75, 3.05) is 11.0 Å². The Labute approximate surface area is 84.7 Å². The normalized spacial score (nSPS) is 11.2. The van der Waals surface area contributed by atoms with Crippen molar-refractivity contribution in [1.82, 2.24) is 4.98 Å². The third-order valence-electron chi connectivity index (χ3n) is 1.15. The molecule has 2 N–H and O–H groups in total. The van der Waals surface area contributed by atoms with Gasteiger partial charge in [-0.3, -0.25) is 9.52 Å². The molecule has 0 fully saturated rings. The van der Waals surface area contributed by atoms with Gasteiger partial charge in [0.25, 0.3) is 0 Å². The number of rotatable bonds is 4. The smallest absolute Gasteiger partial charge is 0.308 e. The second-order valence-electron chi connectivity index (χ2n) is 2.58. The average molecular weight is 236 g/mol. The predicted octanol–water partition coefficient (Wildman–Crippen LogP) is 0.142. The zero-order chi connectivity index (χ0) is 10.8. The number of sulfonamides is 1. The van der Waals surface area contributed by atoms with E-state index in [4.69, 9.17) is 5.11 Å². The van der Waals surface area contributed by atoms with Gasteiger partial charge in [-0.25, -0.2) is 13.4 Å². The number of nitrogens with one attached hydrogen (secondary N) is 1. The molecule has 6 nitrogen and oxygen atoms in total. The molecule has 0 saturated heterocycles. The van der Waals surface area contributed by atoms with E-state index in [1.165, 1.54) is 6.20 Å². The van der Waals surface area contributed by atoms with E-state index in [2.05, 4.69) is 9.71 Å². The molecule has 0 aliphatic heterocycles. The summed E-state index contributed by atoms with van der Waals surface area (Å²) in [6.45, 7) is 0. The van der Waals surface area contributed by atoms with E-state index in [1.54, 1.807) is 0 Å². The number of carbonyl (C=O) groups is 1. The van der Waals surface area contributed by atoms with Crippen molar-refractivity contribution in [1.29, 1.82) is 0 Å². The van der Waals surface area contributed by atoms with Gasteiger partial charge in [-0.1, -0.05) is 0 Å². The molecule has 0 amide bonds. The Morgan fingerprint density at radius 3 is 2.86 bits per heavy atom. The van der Waals surface area contributed by atoms with Gasteiger partial charge in [-0.15, -0.1) is 11.3 Å². The molecular formula is C6H8N2O4S2. The van der Waals surface area contributed by atoms with Crippen LogP contribution in [0.2, 0.25) is 0 Å². The van der Waals surface area contributed by atoms with Crippen molar-refractivity contribution in [3.63, 3.8) is 0 Å². The monoisotopic (exact) mass is 236 g/mol. The topological polar surface area (TPSA) is 96.4 Å². The summed E-state index contributed by atoms with van der Waals surface area (Å²) < 4.78 is 23.7. The van der Waals surface area contributed by atoms with Crippen LogP contribution in [0.5, 0.6) is 0 Å². The number of thiazole rings is 1. The van der Waals surface area contributed by atoms with Crippen LogP contribution in [0, 0.1) is 0 Å². The summed E-state index contributed by atoms with van der Waals surface area (Å²) in [7, 11) is -3.34. The fraction of sp³-hybridized carbons (Fsp3) is 0.333. The number of carboxylic acids is 1. The van der Waals surface area contributed by atoms with E-state index in [0.29, 0.717) is 4.88 Å². The van der Waals surface area contributed by atoms with Gasteiger partial charge < -0.3 is 5.11 Å². The van der Waals surface area contributed by atoms with Crippen molar-refractivity contribution in [3.05, 3.63) is 11.1 Å². The SMILES string of the molecule is CS(=O)(=O)Nc1ncc(CC(=O)O)s1. The van der Waals surface area contributed by atoms with Crippen molar-refractivity contribution in [2.45, 2.75) is 6.42 Å².